The van der Waals surface area contributed by atoms with Crippen LogP contribution in [0.4, 0.5) is 13.2 Å². The molecule has 0 amide bonds. The van der Waals surface area contributed by atoms with Crippen molar-refractivity contribution in [2.75, 3.05) is 0 Å². The fraction of sp³-hybridized carbons (Fsp3) is 0.167. The SMILES string of the molecule is Cc1c(F)nc(Cl)c(F)c1F. The summed E-state index contributed by atoms with van der Waals surface area (Å²) in [5.74, 6) is -3.69. The van der Waals surface area contributed by atoms with Crippen LogP contribution in [-0.2, 0) is 0 Å². The second kappa shape index (κ2) is 2.70. The van der Waals surface area contributed by atoms with Gasteiger partial charge in [-0.3, -0.25) is 0 Å². The highest BCUT2D eigenvalue weighted by atomic mass is 35.5. The number of halogens is 4. The van der Waals surface area contributed by atoms with E-state index in [1.54, 1.807) is 0 Å². The van der Waals surface area contributed by atoms with Crippen molar-refractivity contribution in [3.63, 3.8) is 0 Å². The Morgan fingerprint density at radius 1 is 1.18 bits per heavy atom. The smallest absolute Gasteiger partial charge is 0.204 e. The first-order chi connectivity index (χ1) is 5.04. The van der Waals surface area contributed by atoms with Gasteiger partial charge in [0.05, 0.1) is 0 Å². The maximum absolute atomic E-state index is 12.5. The monoisotopic (exact) mass is 181 g/mol. The van der Waals surface area contributed by atoms with E-state index in [-0.39, 0.29) is 0 Å². The van der Waals surface area contributed by atoms with Gasteiger partial charge in [0.25, 0.3) is 0 Å². The number of hydrogen-bond acceptors (Lipinski definition) is 1. The zero-order valence-corrected chi connectivity index (χ0v) is 6.22. The van der Waals surface area contributed by atoms with Crippen molar-refractivity contribution in [2.24, 2.45) is 0 Å². The fourth-order valence-electron chi connectivity index (χ4n) is 0.565. The van der Waals surface area contributed by atoms with Crippen LogP contribution < -0.4 is 0 Å². The molecule has 0 aliphatic carbocycles. The van der Waals surface area contributed by atoms with E-state index in [0.29, 0.717) is 0 Å². The van der Waals surface area contributed by atoms with Crippen LogP contribution in [-0.4, -0.2) is 4.98 Å². The van der Waals surface area contributed by atoms with E-state index in [4.69, 9.17) is 11.6 Å². The predicted molar refractivity (Wildman–Crippen MR) is 33.9 cm³/mol. The second-order valence-corrected chi connectivity index (χ2v) is 2.30. The van der Waals surface area contributed by atoms with E-state index in [9.17, 15) is 13.2 Å². The summed E-state index contributed by atoms with van der Waals surface area (Å²) in [6.07, 6.45) is 0. The van der Waals surface area contributed by atoms with Crippen molar-refractivity contribution >= 4 is 11.6 Å². The van der Waals surface area contributed by atoms with Crippen LogP contribution in [0.15, 0.2) is 0 Å². The molecular formula is C6H3ClF3N. The molecule has 1 aromatic rings. The van der Waals surface area contributed by atoms with Gasteiger partial charge in [-0.05, 0) is 6.92 Å². The van der Waals surface area contributed by atoms with Gasteiger partial charge in [-0.15, -0.1) is 0 Å². The third-order valence-electron chi connectivity index (χ3n) is 1.21. The molecule has 60 valence electrons. The molecule has 1 nitrogen and oxygen atoms in total. The van der Waals surface area contributed by atoms with Crippen molar-refractivity contribution in [3.05, 3.63) is 28.3 Å². The van der Waals surface area contributed by atoms with Gasteiger partial charge >= 0.3 is 0 Å². The third-order valence-corrected chi connectivity index (χ3v) is 1.46. The first-order valence-corrected chi connectivity index (χ1v) is 3.08. The summed E-state index contributed by atoms with van der Waals surface area (Å²) >= 11 is 5.03. The average molecular weight is 182 g/mol. The number of hydrogen-bond donors (Lipinski definition) is 0. The molecule has 0 aliphatic heterocycles. The predicted octanol–water partition coefficient (Wildman–Crippen LogP) is 2.46. The minimum Gasteiger partial charge on any atom is -0.204 e. The summed E-state index contributed by atoms with van der Waals surface area (Å²) in [5.41, 5.74) is -0.466. The number of pyridine rings is 1. The lowest BCUT2D eigenvalue weighted by Crippen LogP contribution is -1.98. The van der Waals surface area contributed by atoms with E-state index < -0.39 is 28.3 Å². The molecule has 0 N–H and O–H groups in total. The Kier molecular flexibility index (Phi) is 2.04. The first kappa shape index (κ1) is 8.33. The van der Waals surface area contributed by atoms with Crippen molar-refractivity contribution in [1.29, 1.82) is 0 Å². The largest absolute Gasteiger partial charge is 0.220 e. The summed E-state index contributed by atoms with van der Waals surface area (Å²) in [5, 5.41) is -0.786. The molecule has 0 aromatic carbocycles. The minimum absolute atomic E-state index is 0.466. The second-order valence-electron chi connectivity index (χ2n) is 1.95. The summed E-state index contributed by atoms with van der Waals surface area (Å²) < 4.78 is 37.4. The van der Waals surface area contributed by atoms with Gasteiger partial charge in [-0.1, -0.05) is 11.6 Å². The first-order valence-electron chi connectivity index (χ1n) is 2.70. The topological polar surface area (TPSA) is 12.9 Å². The highest BCUT2D eigenvalue weighted by Gasteiger charge is 2.15. The van der Waals surface area contributed by atoms with Crippen molar-refractivity contribution in [2.45, 2.75) is 6.92 Å². The van der Waals surface area contributed by atoms with E-state index in [1.807, 2.05) is 0 Å². The molecule has 0 unspecified atom stereocenters. The van der Waals surface area contributed by atoms with E-state index in [1.165, 1.54) is 0 Å². The zero-order valence-electron chi connectivity index (χ0n) is 5.46. The molecule has 0 aliphatic rings. The molecule has 5 heteroatoms. The molecule has 0 saturated heterocycles. The van der Waals surface area contributed by atoms with Gasteiger partial charge in [-0.2, -0.15) is 4.39 Å². The van der Waals surface area contributed by atoms with Gasteiger partial charge in [0.2, 0.25) is 5.95 Å². The van der Waals surface area contributed by atoms with Gasteiger partial charge in [-0.25, -0.2) is 13.8 Å². The summed E-state index contributed by atoms with van der Waals surface area (Å²) in [4.78, 5) is 2.92. The third kappa shape index (κ3) is 1.30. The van der Waals surface area contributed by atoms with Crippen LogP contribution in [0.25, 0.3) is 0 Å². The number of rotatable bonds is 0. The molecule has 1 heterocycles. The summed E-state index contributed by atoms with van der Waals surface area (Å²) in [6.45, 7) is 1.08. The molecule has 1 rings (SSSR count). The molecule has 0 saturated carbocycles. The van der Waals surface area contributed by atoms with Crippen molar-refractivity contribution in [3.8, 4) is 0 Å². The Balaban J connectivity index is 3.46. The van der Waals surface area contributed by atoms with Crippen LogP contribution in [0.2, 0.25) is 5.15 Å². The maximum atomic E-state index is 12.5. The zero-order chi connectivity index (χ0) is 8.59. The van der Waals surface area contributed by atoms with Crippen molar-refractivity contribution < 1.29 is 13.2 Å². The van der Waals surface area contributed by atoms with Crippen LogP contribution >= 0.6 is 11.6 Å². The molecule has 0 bridgehead atoms. The van der Waals surface area contributed by atoms with Gasteiger partial charge in [0.15, 0.2) is 16.8 Å². The minimum atomic E-state index is -1.31. The molecule has 1 aromatic heterocycles. The Labute approximate surface area is 65.8 Å². The Bertz CT molecular complexity index is 274. The highest BCUT2D eigenvalue weighted by Crippen LogP contribution is 2.19. The summed E-state index contributed by atoms with van der Waals surface area (Å²) in [6, 6.07) is 0. The summed E-state index contributed by atoms with van der Waals surface area (Å²) in [7, 11) is 0. The van der Waals surface area contributed by atoms with E-state index >= 15 is 0 Å². The molecule has 0 atom stereocenters. The van der Waals surface area contributed by atoms with Crippen LogP contribution in [0.3, 0.4) is 0 Å². The lowest BCUT2D eigenvalue weighted by Gasteiger charge is -1.99. The van der Waals surface area contributed by atoms with Gasteiger partial charge in [0.1, 0.15) is 0 Å². The molecular weight excluding hydrogens is 179 g/mol. The Morgan fingerprint density at radius 2 is 1.73 bits per heavy atom. The van der Waals surface area contributed by atoms with Crippen LogP contribution in [0.5, 0.6) is 0 Å². The van der Waals surface area contributed by atoms with E-state index in [2.05, 4.69) is 4.98 Å². The molecule has 0 spiro atoms. The molecule has 0 fully saturated rings. The van der Waals surface area contributed by atoms with Gasteiger partial charge in [0, 0.05) is 5.56 Å². The van der Waals surface area contributed by atoms with Crippen LogP contribution in [0.1, 0.15) is 5.56 Å². The fourth-order valence-corrected chi connectivity index (χ4v) is 0.722. The number of nitrogens with zero attached hydrogens (tertiary/aromatic N) is 1. The van der Waals surface area contributed by atoms with E-state index in [0.717, 1.165) is 6.92 Å². The highest BCUT2D eigenvalue weighted by molar-refractivity contribution is 6.29. The normalized spacial score (nSPS) is 10.3. The van der Waals surface area contributed by atoms with Crippen LogP contribution in [0, 0.1) is 24.5 Å². The lowest BCUT2D eigenvalue weighted by atomic mass is 10.3. The van der Waals surface area contributed by atoms with Crippen molar-refractivity contribution in [1.82, 2.24) is 4.98 Å². The number of aromatic nitrogens is 1. The average Bonchev–Trinajstić information content (AvgIpc) is 1.97. The van der Waals surface area contributed by atoms with Gasteiger partial charge < -0.3 is 0 Å². The molecule has 11 heavy (non-hydrogen) atoms. The standard InChI is InChI=1S/C6H3ClF3N/c1-2-3(8)4(9)5(7)11-6(2)10/h1H3. The maximum Gasteiger partial charge on any atom is 0.220 e. The Hall–Kier alpha value is -0.770. The lowest BCUT2D eigenvalue weighted by molar-refractivity contribution is 0.469. The quantitative estimate of drug-likeness (QED) is 0.561. The Morgan fingerprint density at radius 3 is 2.27 bits per heavy atom. The molecule has 0 radical (unpaired) electrons.